The van der Waals surface area contributed by atoms with Gasteiger partial charge in [-0.15, -0.1) is 0 Å². The van der Waals surface area contributed by atoms with Crippen LogP contribution in [0.4, 0.5) is 4.79 Å². The largest absolute Gasteiger partial charge is 0.493 e. The number of imide groups is 1. The fourth-order valence-electron chi connectivity index (χ4n) is 2.82. The summed E-state index contributed by atoms with van der Waals surface area (Å²) in [5.74, 6) is 1.15. The zero-order valence-corrected chi connectivity index (χ0v) is 15.6. The Morgan fingerprint density at radius 1 is 1.04 bits per heavy atom. The molecule has 26 heavy (non-hydrogen) atoms. The van der Waals surface area contributed by atoms with Gasteiger partial charge >= 0.3 is 0 Å². The summed E-state index contributed by atoms with van der Waals surface area (Å²) in [5.41, 5.74) is 2.01. The van der Waals surface area contributed by atoms with Crippen molar-refractivity contribution in [2.45, 2.75) is 25.2 Å². The third-order valence-corrected chi connectivity index (χ3v) is 5.28. The predicted molar refractivity (Wildman–Crippen MR) is 102 cm³/mol. The maximum absolute atomic E-state index is 12.3. The Kier molecular flexibility index (Phi) is 5.83. The van der Waals surface area contributed by atoms with Crippen molar-refractivity contribution in [3.05, 3.63) is 59.7 Å². The fraction of sp³-hybridized carbons (Fsp3) is 0.300. The molecule has 1 atom stereocenters. The summed E-state index contributed by atoms with van der Waals surface area (Å²) >= 11 is 1.09. The molecule has 0 aromatic heterocycles. The van der Waals surface area contributed by atoms with Crippen molar-refractivity contribution in [2.24, 2.45) is 0 Å². The van der Waals surface area contributed by atoms with Gasteiger partial charge in [-0.3, -0.25) is 14.5 Å². The summed E-state index contributed by atoms with van der Waals surface area (Å²) in [7, 11) is 1.59. The van der Waals surface area contributed by atoms with E-state index in [0.717, 1.165) is 22.9 Å². The molecule has 1 saturated heterocycles. The highest BCUT2D eigenvalue weighted by Crippen LogP contribution is 2.33. The lowest BCUT2D eigenvalue weighted by atomic mass is 10.1. The Morgan fingerprint density at radius 2 is 1.81 bits per heavy atom. The van der Waals surface area contributed by atoms with E-state index in [9.17, 15) is 9.59 Å². The van der Waals surface area contributed by atoms with E-state index in [1.165, 1.54) is 4.90 Å². The molecule has 1 heterocycles. The quantitative estimate of drug-likeness (QED) is 0.739. The standard InChI is InChI=1S/C20H21NO4S/c1-3-21-19(22)18(26-20(21)23)12-15-9-10-16(17(11-15)24-2)25-13-14-7-5-4-6-8-14/h4-11,18H,3,12-13H2,1-2H3/t18-/m1/s1. The predicted octanol–water partition coefficient (Wildman–Crippen LogP) is 3.90. The summed E-state index contributed by atoms with van der Waals surface area (Å²) in [4.78, 5) is 25.4. The van der Waals surface area contributed by atoms with Gasteiger partial charge in [0, 0.05) is 6.54 Å². The zero-order chi connectivity index (χ0) is 18.5. The van der Waals surface area contributed by atoms with Gasteiger partial charge in [-0.05, 0) is 36.6 Å². The molecule has 2 aromatic rings. The summed E-state index contributed by atoms with van der Waals surface area (Å²) in [5, 5.41) is -0.541. The van der Waals surface area contributed by atoms with E-state index in [-0.39, 0.29) is 16.4 Å². The number of nitrogens with zero attached hydrogens (tertiary/aromatic N) is 1. The lowest BCUT2D eigenvalue weighted by Gasteiger charge is -2.14. The van der Waals surface area contributed by atoms with Gasteiger partial charge in [-0.2, -0.15) is 0 Å². The monoisotopic (exact) mass is 371 g/mol. The number of hydrogen-bond donors (Lipinski definition) is 0. The topological polar surface area (TPSA) is 55.8 Å². The second-order valence-electron chi connectivity index (χ2n) is 5.92. The van der Waals surface area contributed by atoms with Gasteiger partial charge in [0.05, 0.1) is 12.4 Å². The molecule has 3 rings (SSSR count). The van der Waals surface area contributed by atoms with E-state index in [1.54, 1.807) is 14.0 Å². The van der Waals surface area contributed by atoms with Gasteiger partial charge in [0.25, 0.3) is 5.24 Å². The minimum Gasteiger partial charge on any atom is -0.493 e. The Hall–Kier alpha value is -2.47. The molecule has 0 N–H and O–H groups in total. The number of benzene rings is 2. The fourth-order valence-corrected chi connectivity index (χ4v) is 3.91. The van der Waals surface area contributed by atoms with Crippen molar-refractivity contribution in [1.82, 2.24) is 4.90 Å². The lowest BCUT2D eigenvalue weighted by Crippen LogP contribution is -2.31. The molecule has 0 unspecified atom stereocenters. The summed E-state index contributed by atoms with van der Waals surface area (Å²) < 4.78 is 11.3. The van der Waals surface area contributed by atoms with Gasteiger partial charge in [0.1, 0.15) is 6.61 Å². The van der Waals surface area contributed by atoms with E-state index < -0.39 is 0 Å². The van der Waals surface area contributed by atoms with E-state index in [0.29, 0.717) is 31.1 Å². The van der Waals surface area contributed by atoms with Crippen LogP contribution in [0.2, 0.25) is 0 Å². The molecular weight excluding hydrogens is 350 g/mol. The number of carbonyl (C=O) groups excluding carboxylic acids is 2. The SMILES string of the molecule is CCN1C(=O)S[C@H](Cc2ccc(OCc3ccccc3)c(OC)c2)C1=O. The molecule has 6 heteroatoms. The molecule has 0 saturated carbocycles. The summed E-state index contributed by atoms with van der Waals surface area (Å²) in [6, 6.07) is 15.5. The first kappa shape index (κ1) is 18.3. The van der Waals surface area contributed by atoms with Crippen LogP contribution in [0.5, 0.6) is 11.5 Å². The van der Waals surface area contributed by atoms with Crippen molar-refractivity contribution in [1.29, 1.82) is 0 Å². The Bertz CT molecular complexity index is 794. The van der Waals surface area contributed by atoms with Crippen LogP contribution in [-0.2, 0) is 17.8 Å². The van der Waals surface area contributed by atoms with Crippen LogP contribution in [0.15, 0.2) is 48.5 Å². The number of carbonyl (C=O) groups is 2. The molecule has 2 aromatic carbocycles. The van der Waals surface area contributed by atoms with Gasteiger partial charge in [-0.1, -0.05) is 48.2 Å². The van der Waals surface area contributed by atoms with Crippen molar-refractivity contribution in [3.8, 4) is 11.5 Å². The van der Waals surface area contributed by atoms with Gasteiger partial charge in [0.2, 0.25) is 5.91 Å². The molecule has 0 spiro atoms. The normalized spacial score (nSPS) is 16.8. The van der Waals surface area contributed by atoms with E-state index in [1.807, 2.05) is 48.5 Å². The first-order chi connectivity index (χ1) is 12.6. The zero-order valence-electron chi connectivity index (χ0n) is 14.8. The molecule has 0 aliphatic carbocycles. The number of hydrogen-bond acceptors (Lipinski definition) is 5. The van der Waals surface area contributed by atoms with Crippen molar-refractivity contribution in [3.63, 3.8) is 0 Å². The highest BCUT2D eigenvalue weighted by atomic mass is 32.2. The molecule has 136 valence electrons. The molecule has 0 radical (unpaired) electrons. The minimum atomic E-state index is -0.372. The molecular formula is C20H21NO4S. The highest BCUT2D eigenvalue weighted by molar-refractivity contribution is 8.15. The summed E-state index contributed by atoms with van der Waals surface area (Å²) in [6.07, 6.45) is 0.487. The average molecular weight is 371 g/mol. The molecule has 1 aliphatic rings. The molecule has 0 bridgehead atoms. The summed E-state index contributed by atoms with van der Waals surface area (Å²) in [6.45, 7) is 2.67. The second-order valence-corrected chi connectivity index (χ2v) is 7.07. The number of ether oxygens (including phenoxy) is 2. The van der Waals surface area contributed by atoms with Crippen LogP contribution in [0.1, 0.15) is 18.1 Å². The third kappa shape index (κ3) is 4.02. The van der Waals surface area contributed by atoms with Crippen LogP contribution in [0.25, 0.3) is 0 Å². The van der Waals surface area contributed by atoms with Crippen molar-refractivity contribution in [2.75, 3.05) is 13.7 Å². The maximum Gasteiger partial charge on any atom is 0.289 e. The number of thioether (sulfide) groups is 1. The minimum absolute atomic E-state index is 0.120. The second kappa shape index (κ2) is 8.27. The van der Waals surface area contributed by atoms with Crippen LogP contribution < -0.4 is 9.47 Å². The third-order valence-electron chi connectivity index (χ3n) is 4.21. The van der Waals surface area contributed by atoms with Crippen LogP contribution >= 0.6 is 11.8 Å². The van der Waals surface area contributed by atoms with Crippen LogP contribution in [-0.4, -0.2) is 35.0 Å². The average Bonchev–Trinajstić information content (AvgIpc) is 2.94. The molecule has 1 fully saturated rings. The number of methoxy groups -OCH3 is 1. The lowest BCUT2D eigenvalue weighted by molar-refractivity contribution is -0.126. The Morgan fingerprint density at radius 3 is 2.46 bits per heavy atom. The maximum atomic E-state index is 12.3. The van der Waals surface area contributed by atoms with Gasteiger partial charge in [-0.25, -0.2) is 0 Å². The highest BCUT2D eigenvalue weighted by Gasteiger charge is 2.38. The molecule has 1 aliphatic heterocycles. The molecule has 5 nitrogen and oxygen atoms in total. The number of rotatable bonds is 7. The van der Waals surface area contributed by atoms with E-state index >= 15 is 0 Å². The van der Waals surface area contributed by atoms with Gasteiger partial charge in [0.15, 0.2) is 11.5 Å². The Balaban J connectivity index is 1.69. The van der Waals surface area contributed by atoms with E-state index in [2.05, 4.69) is 0 Å². The van der Waals surface area contributed by atoms with Gasteiger partial charge < -0.3 is 9.47 Å². The van der Waals surface area contributed by atoms with Crippen LogP contribution in [0, 0.1) is 0 Å². The first-order valence-corrected chi connectivity index (χ1v) is 9.36. The van der Waals surface area contributed by atoms with Crippen LogP contribution in [0.3, 0.4) is 0 Å². The number of amides is 2. The van der Waals surface area contributed by atoms with Crippen molar-refractivity contribution < 1.29 is 19.1 Å². The molecule has 2 amide bonds. The Labute approximate surface area is 157 Å². The first-order valence-electron chi connectivity index (χ1n) is 8.48. The smallest absolute Gasteiger partial charge is 0.289 e. The van der Waals surface area contributed by atoms with Crippen molar-refractivity contribution >= 4 is 22.9 Å². The van der Waals surface area contributed by atoms with E-state index in [4.69, 9.17) is 9.47 Å².